The molecule has 0 bridgehead atoms. The van der Waals surface area contributed by atoms with Crippen molar-refractivity contribution in [2.45, 2.75) is 25.3 Å². The molecule has 3 N–H and O–H groups in total. The Bertz CT molecular complexity index is 752. The van der Waals surface area contributed by atoms with Gasteiger partial charge in [-0.1, -0.05) is 30.3 Å². The van der Waals surface area contributed by atoms with E-state index >= 15 is 0 Å². The Morgan fingerprint density at radius 3 is 2.64 bits per heavy atom. The van der Waals surface area contributed by atoms with E-state index in [4.69, 9.17) is 5.73 Å². The van der Waals surface area contributed by atoms with Gasteiger partial charge in [0.25, 0.3) is 5.91 Å². The molecule has 1 aliphatic heterocycles. The summed E-state index contributed by atoms with van der Waals surface area (Å²) in [5, 5.41) is 2.58. The maximum absolute atomic E-state index is 12.7. The van der Waals surface area contributed by atoms with E-state index in [0.717, 1.165) is 31.5 Å². The Balaban J connectivity index is 1.64. The predicted octanol–water partition coefficient (Wildman–Crippen LogP) is 2.73. The molecule has 1 aliphatic rings. The van der Waals surface area contributed by atoms with Gasteiger partial charge in [-0.05, 0) is 48.1 Å². The highest BCUT2D eigenvalue weighted by Crippen LogP contribution is 2.29. The number of nitrogens with zero attached hydrogens (tertiary/aromatic N) is 1. The van der Waals surface area contributed by atoms with Crippen LogP contribution in [-0.2, 0) is 11.3 Å². The number of likely N-dealkylation sites (tertiary alicyclic amines) is 1. The summed E-state index contributed by atoms with van der Waals surface area (Å²) in [6, 6.07) is 15.5. The fourth-order valence-corrected chi connectivity index (χ4v) is 3.38. The van der Waals surface area contributed by atoms with Crippen LogP contribution in [0.4, 0.5) is 5.69 Å². The number of carbonyl (C=O) groups is 2. The maximum atomic E-state index is 12.7. The first-order valence-electron chi connectivity index (χ1n) is 8.59. The molecule has 25 heavy (non-hydrogen) atoms. The minimum Gasteiger partial charge on any atom is -0.339 e. The summed E-state index contributed by atoms with van der Waals surface area (Å²) in [4.78, 5) is 25.1. The number of amides is 2. The Morgan fingerprint density at radius 1 is 1.16 bits per heavy atom. The lowest BCUT2D eigenvalue weighted by atomic mass is 9.88. The number of anilines is 1. The Kier molecular flexibility index (Phi) is 5.46. The topological polar surface area (TPSA) is 75.4 Å². The van der Waals surface area contributed by atoms with Gasteiger partial charge in [0.1, 0.15) is 0 Å². The van der Waals surface area contributed by atoms with E-state index < -0.39 is 0 Å². The van der Waals surface area contributed by atoms with E-state index in [1.807, 2.05) is 11.0 Å². The first-order valence-corrected chi connectivity index (χ1v) is 8.59. The molecule has 0 radical (unpaired) electrons. The van der Waals surface area contributed by atoms with Crippen molar-refractivity contribution in [3.63, 3.8) is 0 Å². The van der Waals surface area contributed by atoms with E-state index in [1.165, 1.54) is 5.56 Å². The molecule has 0 atom stereocenters. The van der Waals surface area contributed by atoms with E-state index in [9.17, 15) is 9.59 Å². The first-order chi connectivity index (χ1) is 12.2. The summed E-state index contributed by atoms with van der Waals surface area (Å²) >= 11 is 0. The molecule has 0 saturated carbocycles. The quantitative estimate of drug-likeness (QED) is 0.824. The monoisotopic (exact) mass is 337 g/mol. The average molecular weight is 337 g/mol. The van der Waals surface area contributed by atoms with Gasteiger partial charge < -0.3 is 16.0 Å². The van der Waals surface area contributed by atoms with Crippen molar-refractivity contribution in [2.24, 2.45) is 5.73 Å². The van der Waals surface area contributed by atoms with Gasteiger partial charge in [-0.3, -0.25) is 9.59 Å². The number of piperidine rings is 1. The molecule has 0 spiro atoms. The molecular weight excluding hydrogens is 314 g/mol. The van der Waals surface area contributed by atoms with Crippen molar-refractivity contribution < 1.29 is 9.59 Å². The van der Waals surface area contributed by atoms with Crippen LogP contribution in [0.5, 0.6) is 0 Å². The highest BCUT2D eigenvalue weighted by Gasteiger charge is 2.24. The molecule has 3 rings (SSSR count). The number of rotatable bonds is 5. The van der Waals surface area contributed by atoms with Crippen molar-refractivity contribution in [2.75, 3.05) is 18.4 Å². The predicted molar refractivity (Wildman–Crippen MR) is 98.3 cm³/mol. The SMILES string of the molecule is NCc1cccc(C2CCN(C(=O)c3cccc(NC=O)c3)CC2)c1. The van der Waals surface area contributed by atoms with Crippen LogP contribution >= 0.6 is 0 Å². The van der Waals surface area contributed by atoms with Crippen LogP contribution in [0, 0.1) is 0 Å². The van der Waals surface area contributed by atoms with E-state index in [-0.39, 0.29) is 5.91 Å². The summed E-state index contributed by atoms with van der Waals surface area (Å²) in [6.45, 7) is 2.03. The fourth-order valence-electron chi connectivity index (χ4n) is 3.38. The Labute approximate surface area is 147 Å². The molecule has 5 heteroatoms. The molecular formula is C20H23N3O2. The second-order valence-electron chi connectivity index (χ2n) is 6.36. The van der Waals surface area contributed by atoms with Crippen molar-refractivity contribution in [3.8, 4) is 0 Å². The molecule has 0 aliphatic carbocycles. The zero-order valence-electron chi connectivity index (χ0n) is 14.2. The third-order valence-electron chi connectivity index (χ3n) is 4.78. The molecule has 2 amide bonds. The van der Waals surface area contributed by atoms with Crippen LogP contribution in [0.3, 0.4) is 0 Å². The zero-order valence-corrected chi connectivity index (χ0v) is 14.2. The van der Waals surface area contributed by atoms with Crippen LogP contribution in [0.15, 0.2) is 48.5 Å². The van der Waals surface area contributed by atoms with Gasteiger partial charge >= 0.3 is 0 Å². The lowest BCUT2D eigenvalue weighted by molar-refractivity contribution is -0.105. The van der Waals surface area contributed by atoms with Gasteiger partial charge in [0.05, 0.1) is 0 Å². The van der Waals surface area contributed by atoms with Crippen LogP contribution in [0.2, 0.25) is 0 Å². The van der Waals surface area contributed by atoms with Crippen LogP contribution in [-0.4, -0.2) is 30.3 Å². The lowest BCUT2D eigenvalue weighted by Crippen LogP contribution is -2.37. The molecule has 1 heterocycles. The summed E-state index contributed by atoms with van der Waals surface area (Å²) < 4.78 is 0. The normalized spacial score (nSPS) is 15.0. The minimum atomic E-state index is 0.0173. The summed E-state index contributed by atoms with van der Waals surface area (Å²) in [5.41, 5.74) is 9.43. The number of hydrogen-bond donors (Lipinski definition) is 2. The summed E-state index contributed by atoms with van der Waals surface area (Å²) in [5.74, 6) is 0.488. The van der Waals surface area contributed by atoms with Crippen molar-refractivity contribution >= 4 is 18.0 Å². The van der Waals surface area contributed by atoms with Crippen molar-refractivity contribution in [1.82, 2.24) is 4.90 Å². The smallest absolute Gasteiger partial charge is 0.253 e. The molecule has 0 aromatic heterocycles. The van der Waals surface area contributed by atoms with Gasteiger partial charge in [0.2, 0.25) is 6.41 Å². The first kappa shape index (κ1) is 17.2. The second-order valence-corrected chi connectivity index (χ2v) is 6.36. The Hall–Kier alpha value is -2.66. The van der Waals surface area contributed by atoms with E-state index in [0.29, 0.717) is 30.1 Å². The lowest BCUT2D eigenvalue weighted by Gasteiger charge is -2.32. The molecule has 130 valence electrons. The third-order valence-corrected chi connectivity index (χ3v) is 4.78. The van der Waals surface area contributed by atoms with Gasteiger partial charge in [-0.15, -0.1) is 0 Å². The molecule has 1 fully saturated rings. The Morgan fingerprint density at radius 2 is 1.92 bits per heavy atom. The van der Waals surface area contributed by atoms with E-state index in [2.05, 4.69) is 23.5 Å². The number of nitrogens with one attached hydrogen (secondary N) is 1. The highest BCUT2D eigenvalue weighted by molar-refractivity contribution is 5.95. The zero-order chi connectivity index (χ0) is 17.6. The average Bonchev–Trinajstić information content (AvgIpc) is 2.68. The van der Waals surface area contributed by atoms with Gasteiger partial charge in [0, 0.05) is 30.9 Å². The fraction of sp³-hybridized carbons (Fsp3) is 0.300. The van der Waals surface area contributed by atoms with Gasteiger partial charge in [-0.25, -0.2) is 0 Å². The van der Waals surface area contributed by atoms with Crippen LogP contribution in [0.25, 0.3) is 0 Å². The number of nitrogens with two attached hydrogens (primary N) is 1. The van der Waals surface area contributed by atoms with Crippen LogP contribution < -0.4 is 11.1 Å². The number of carbonyl (C=O) groups excluding carboxylic acids is 2. The van der Waals surface area contributed by atoms with Gasteiger partial charge in [-0.2, -0.15) is 0 Å². The molecule has 0 unspecified atom stereocenters. The number of hydrogen-bond acceptors (Lipinski definition) is 3. The minimum absolute atomic E-state index is 0.0173. The van der Waals surface area contributed by atoms with Crippen LogP contribution in [0.1, 0.15) is 40.2 Å². The highest BCUT2D eigenvalue weighted by atomic mass is 16.2. The second kappa shape index (κ2) is 7.94. The van der Waals surface area contributed by atoms with E-state index in [1.54, 1.807) is 24.3 Å². The van der Waals surface area contributed by atoms with Gasteiger partial charge in [0.15, 0.2) is 0 Å². The standard InChI is InChI=1S/C20H23N3O2/c21-13-15-3-1-4-17(11-15)16-7-9-23(10-8-16)20(25)18-5-2-6-19(12-18)22-14-24/h1-6,11-12,14,16H,7-10,13,21H2,(H,22,24). The third kappa shape index (κ3) is 4.06. The molecule has 2 aromatic carbocycles. The molecule has 1 saturated heterocycles. The maximum Gasteiger partial charge on any atom is 0.253 e. The molecule has 5 nitrogen and oxygen atoms in total. The van der Waals surface area contributed by atoms with Crippen molar-refractivity contribution in [1.29, 1.82) is 0 Å². The summed E-state index contributed by atoms with van der Waals surface area (Å²) in [6.07, 6.45) is 2.52. The van der Waals surface area contributed by atoms with Crippen molar-refractivity contribution in [3.05, 3.63) is 65.2 Å². The summed E-state index contributed by atoms with van der Waals surface area (Å²) in [7, 11) is 0. The number of benzene rings is 2. The largest absolute Gasteiger partial charge is 0.339 e. The molecule has 2 aromatic rings.